The van der Waals surface area contributed by atoms with E-state index in [1.807, 2.05) is 0 Å². The molecule has 0 bridgehead atoms. The molecule has 1 amide bonds. The summed E-state index contributed by atoms with van der Waals surface area (Å²) in [7, 11) is 0. The zero-order valence-electron chi connectivity index (χ0n) is 13.5. The molecule has 0 unspecified atom stereocenters. The Morgan fingerprint density at radius 2 is 1.65 bits per heavy atom. The molecule has 0 saturated carbocycles. The summed E-state index contributed by atoms with van der Waals surface area (Å²) in [4.78, 5) is 11.8. The van der Waals surface area contributed by atoms with Crippen LogP contribution in [0.2, 0.25) is 0 Å². The molecule has 3 nitrogen and oxygen atoms in total. The summed E-state index contributed by atoms with van der Waals surface area (Å²) in [6.07, 6.45) is 0. The fraction of sp³-hybridized carbons (Fsp3) is 0.0500. The molecule has 0 spiro atoms. The van der Waals surface area contributed by atoms with Crippen molar-refractivity contribution < 1.29 is 18.0 Å². The lowest BCUT2D eigenvalue weighted by Gasteiger charge is -2.09. The van der Waals surface area contributed by atoms with Gasteiger partial charge in [-0.1, -0.05) is 12.1 Å². The zero-order chi connectivity index (χ0) is 18.4. The Labute approximate surface area is 146 Å². The molecule has 3 aromatic carbocycles. The van der Waals surface area contributed by atoms with Gasteiger partial charge in [0.15, 0.2) is 0 Å². The van der Waals surface area contributed by atoms with Crippen molar-refractivity contribution in [2.75, 3.05) is 0 Å². The summed E-state index contributed by atoms with van der Waals surface area (Å²) in [5, 5.41) is 1.22. The first-order valence-electron chi connectivity index (χ1n) is 7.90. The number of benzene rings is 3. The second kappa shape index (κ2) is 5.91. The van der Waals surface area contributed by atoms with Crippen molar-refractivity contribution in [3.05, 3.63) is 83.2 Å². The highest BCUT2D eigenvalue weighted by Crippen LogP contribution is 2.33. The molecule has 0 aliphatic heterocycles. The Morgan fingerprint density at radius 3 is 2.38 bits per heavy atom. The first-order chi connectivity index (χ1) is 12.5. The molecule has 130 valence electrons. The summed E-state index contributed by atoms with van der Waals surface area (Å²) in [5.41, 5.74) is 7.15. The highest BCUT2D eigenvalue weighted by atomic mass is 19.1. The van der Waals surface area contributed by atoms with Crippen LogP contribution in [0.15, 0.2) is 54.6 Å². The van der Waals surface area contributed by atoms with Crippen molar-refractivity contribution in [1.29, 1.82) is 0 Å². The summed E-state index contributed by atoms with van der Waals surface area (Å²) in [5.74, 6) is -2.42. The molecular weight excluding hydrogens is 341 g/mol. The lowest BCUT2D eigenvalue weighted by Crippen LogP contribution is -2.11. The molecular formula is C20H13F3N2O. The molecule has 0 radical (unpaired) electrons. The normalized spacial score (nSPS) is 11.3. The lowest BCUT2D eigenvalue weighted by atomic mass is 10.1. The van der Waals surface area contributed by atoms with E-state index in [0.717, 1.165) is 6.07 Å². The second-order valence-electron chi connectivity index (χ2n) is 6.05. The number of aromatic nitrogens is 1. The number of primary amides is 1. The molecule has 2 N–H and O–H groups in total. The van der Waals surface area contributed by atoms with Crippen molar-refractivity contribution in [3.8, 4) is 0 Å². The molecule has 26 heavy (non-hydrogen) atoms. The fourth-order valence-electron chi connectivity index (χ4n) is 3.31. The molecule has 4 rings (SSSR count). The van der Waals surface area contributed by atoms with Crippen molar-refractivity contribution in [2.24, 2.45) is 5.73 Å². The number of fused-ring (bicyclic) bond motifs is 3. The Morgan fingerprint density at radius 1 is 0.923 bits per heavy atom. The van der Waals surface area contributed by atoms with Gasteiger partial charge < -0.3 is 10.3 Å². The van der Waals surface area contributed by atoms with Crippen molar-refractivity contribution >= 4 is 27.7 Å². The minimum Gasteiger partial charge on any atom is -0.366 e. The fourth-order valence-corrected chi connectivity index (χ4v) is 3.31. The Kier molecular flexibility index (Phi) is 3.68. The predicted molar refractivity (Wildman–Crippen MR) is 93.4 cm³/mol. The standard InChI is InChI=1S/C20H13F3N2O/c21-12-5-4-11(16(23)8-12)10-25-17-3-1-2-15(20(24)26)19(17)14-7-6-13(22)9-18(14)25/h1-9H,10H2,(H2,24,26). The Bertz CT molecular complexity index is 1180. The van der Waals surface area contributed by atoms with Crippen LogP contribution in [0, 0.1) is 17.5 Å². The first-order valence-corrected chi connectivity index (χ1v) is 7.90. The third-order valence-corrected chi connectivity index (χ3v) is 4.46. The topological polar surface area (TPSA) is 48.0 Å². The number of nitrogens with zero attached hydrogens (tertiary/aromatic N) is 1. The van der Waals surface area contributed by atoms with Crippen LogP contribution in [0.4, 0.5) is 13.2 Å². The van der Waals surface area contributed by atoms with Crippen LogP contribution in [0.1, 0.15) is 15.9 Å². The maximum Gasteiger partial charge on any atom is 0.249 e. The number of amides is 1. The maximum absolute atomic E-state index is 14.1. The third-order valence-electron chi connectivity index (χ3n) is 4.46. The van der Waals surface area contributed by atoms with Crippen LogP contribution in [0.25, 0.3) is 21.8 Å². The van der Waals surface area contributed by atoms with Crippen molar-refractivity contribution in [3.63, 3.8) is 0 Å². The SMILES string of the molecule is NC(=O)c1cccc2c1c1ccc(F)cc1n2Cc1ccc(F)cc1F. The van der Waals surface area contributed by atoms with Crippen LogP contribution in [0.5, 0.6) is 0 Å². The van der Waals surface area contributed by atoms with Crippen LogP contribution in [-0.4, -0.2) is 10.5 Å². The minimum atomic E-state index is -0.692. The van der Waals surface area contributed by atoms with Crippen LogP contribution in [0.3, 0.4) is 0 Å². The van der Waals surface area contributed by atoms with E-state index < -0.39 is 23.4 Å². The number of hydrogen-bond donors (Lipinski definition) is 1. The number of rotatable bonds is 3. The summed E-state index contributed by atoms with van der Waals surface area (Å²) in [6, 6.07) is 12.5. The number of nitrogens with two attached hydrogens (primary N) is 1. The zero-order valence-corrected chi connectivity index (χ0v) is 13.5. The van der Waals surface area contributed by atoms with Gasteiger partial charge in [-0.2, -0.15) is 0 Å². The van der Waals surface area contributed by atoms with Gasteiger partial charge in [-0.3, -0.25) is 4.79 Å². The summed E-state index contributed by atoms with van der Waals surface area (Å²) >= 11 is 0. The van der Waals surface area contributed by atoms with Gasteiger partial charge in [-0.25, -0.2) is 13.2 Å². The van der Waals surface area contributed by atoms with Gasteiger partial charge in [-0.05, 0) is 36.4 Å². The van der Waals surface area contributed by atoms with Crippen LogP contribution >= 0.6 is 0 Å². The maximum atomic E-state index is 14.1. The largest absolute Gasteiger partial charge is 0.366 e. The molecule has 0 atom stereocenters. The van der Waals surface area contributed by atoms with E-state index in [1.54, 1.807) is 28.8 Å². The minimum absolute atomic E-state index is 0.0534. The number of hydrogen-bond acceptors (Lipinski definition) is 1. The van der Waals surface area contributed by atoms with Gasteiger partial charge in [0.25, 0.3) is 0 Å². The number of carbonyl (C=O) groups is 1. The third kappa shape index (κ3) is 2.50. The molecule has 1 heterocycles. The Hall–Kier alpha value is -3.28. The van der Waals surface area contributed by atoms with Gasteiger partial charge in [0.1, 0.15) is 17.5 Å². The molecule has 0 aliphatic rings. The average molecular weight is 354 g/mol. The smallest absolute Gasteiger partial charge is 0.249 e. The monoisotopic (exact) mass is 354 g/mol. The van der Waals surface area contributed by atoms with Gasteiger partial charge in [0.2, 0.25) is 5.91 Å². The van der Waals surface area contributed by atoms with E-state index in [4.69, 9.17) is 5.73 Å². The number of carbonyl (C=O) groups excluding carboxylic acids is 1. The predicted octanol–water partition coefficient (Wildman–Crippen LogP) is 4.36. The quantitative estimate of drug-likeness (QED) is 0.584. The van der Waals surface area contributed by atoms with E-state index in [1.165, 1.54) is 24.3 Å². The van der Waals surface area contributed by atoms with Gasteiger partial charge in [0.05, 0.1) is 17.6 Å². The molecule has 0 saturated heterocycles. The highest BCUT2D eigenvalue weighted by Gasteiger charge is 2.18. The second-order valence-corrected chi connectivity index (χ2v) is 6.05. The molecule has 6 heteroatoms. The van der Waals surface area contributed by atoms with E-state index in [9.17, 15) is 18.0 Å². The number of halogens is 3. The molecule has 1 aromatic heterocycles. The summed E-state index contributed by atoms with van der Waals surface area (Å²) < 4.78 is 42.8. The average Bonchev–Trinajstić information content (AvgIpc) is 2.90. The van der Waals surface area contributed by atoms with Gasteiger partial charge >= 0.3 is 0 Å². The van der Waals surface area contributed by atoms with Gasteiger partial charge in [0, 0.05) is 28.0 Å². The summed E-state index contributed by atoms with van der Waals surface area (Å²) in [6.45, 7) is 0.0534. The van der Waals surface area contributed by atoms with Crippen LogP contribution in [-0.2, 0) is 6.54 Å². The van der Waals surface area contributed by atoms with Gasteiger partial charge in [-0.15, -0.1) is 0 Å². The van der Waals surface area contributed by atoms with Crippen molar-refractivity contribution in [1.82, 2.24) is 4.57 Å². The van der Waals surface area contributed by atoms with Crippen molar-refractivity contribution in [2.45, 2.75) is 6.54 Å². The van der Waals surface area contributed by atoms with E-state index in [0.29, 0.717) is 27.4 Å². The molecule has 4 aromatic rings. The van der Waals surface area contributed by atoms with E-state index in [-0.39, 0.29) is 12.1 Å². The van der Waals surface area contributed by atoms with E-state index >= 15 is 0 Å². The van der Waals surface area contributed by atoms with E-state index in [2.05, 4.69) is 0 Å². The highest BCUT2D eigenvalue weighted by molar-refractivity contribution is 6.17. The molecule has 0 aliphatic carbocycles. The van der Waals surface area contributed by atoms with Crippen LogP contribution < -0.4 is 5.73 Å². The lowest BCUT2D eigenvalue weighted by molar-refractivity contribution is 0.100. The molecule has 0 fully saturated rings. The first kappa shape index (κ1) is 16.2. The Balaban J connectivity index is 2.05.